The summed E-state index contributed by atoms with van der Waals surface area (Å²) in [6, 6.07) is 4.51. The Morgan fingerprint density at radius 1 is 0.943 bits per heavy atom. The molecule has 9 rings (SSSR count). The van der Waals surface area contributed by atoms with Crippen LogP contribution in [0.3, 0.4) is 0 Å². The molecule has 8 heterocycles. The van der Waals surface area contributed by atoms with Gasteiger partial charge < -0.3 is 59.5 Å². The Morgan fingerprint density at radius 2 is 1.68 bits per heavy atom. The Hall–Kier alpha value is -7.39. The Kier molecular flexibility index (Phi) is 20.7. The third-order valence-electron chi connectivity index (χ3n) is 14.7. The number of hydrogen-bond donors (Lipinski definition) is 7. The standard InChI is InChI=1S/C52H63F2N13O18P2S/c1-27(2)40(62-34(68)9-6-5-7-18-65-36(70)15-16-37(65)71)49(75)60-28(3)47(73)61-30-13-11-29(12-14-30)20-79-51(76)64(4)17-8-10-35(69)63-44-41-46(57-24-55-44)66(26-59-41)50-39(54)42-32(83-50)22-82-87(78,88)85-52(23-80-33(43(52)72)21-81-86(77)84-42)67-19-31(53)38-45(67)56-25-58-48(38)74/h11-16,19,24-28,32-33,39-40,42-43,50,72,86H,5-10,17-18,20-23H2,1-4H3,(H,60,75)(H,61,73)(H,62,68)(H,78,88)(H,56,58,74)(H,55,57,63,69)/t28-,32+,33?,39+,40-,42+,43+,50+,52+,87+/m0/s1. The van der Waals surface area contributed by atoms with Crippen LogP contribution in [0.4, 0.5) is 25.1 Å². The normalized spacial score (nSPS) is 25.4. The predicted octanol–water partition coefficient (Wildman–Crippen LogP) is 3.28. The quantitative estimate of drug-likeness (QED) is 0.0240. The summed E-state index contributed by atoms with van der Waals surface area (Å²) in [6.45, 7) is -1.65. The van der Waals surface area contributed by atoms with Crippen LogP contribution in [0.1, 0.15) is 71.1 Å². The summed E-state index contributed by atoms with van der Waals surface area (Å²) >= 11 is 4.10. The number of carbonyl (C=O) groups is 7. The molecule has 7 amide bonds. The van der Waals surface area contributed by atoms with Crippen LogP contribution in [-0.2, 0) is 82.5 Å². The van der Waals surface area contributed by atoms with E-state index >= 15 is 8.78 Å². The van der Waals surface area contributed by atoms with E-state index in [1.54, 1.807) is 38.1 Å². The number of amides is 7. The first kappa shape index (κ1) is 65.1. The highest BCUT2D eigenvalue weighted by molar-refractivity contribution is 8.44. The monoisotopic (exact) mass is 1290 g/mol. The van der Waals surface area contributed by atoms with Gasteiger partial charge in [-0.2, -0.15) is 0 Å². The number of ether oxygens (including phenoxy) is 3. The Bertz CT molecular complexity index is 3620. The molecule has 3 saturated heterocycles. The van der Waals surface area contributed by atoms with Gasteiger partial charge in [0, 0.05) is 57.0 Å². The summed E-state index contributed by atoms with van der Waals surface area (Å²) in [5.41, 5.74) is -2.60. The number of thiol groups is 1. The van der Waals surface area contributed by atoms with E-state index in [-0.39, 0.29) is 85.2 Å². The first-order chi connectivity index (χ1) is 41.9. The number of aliphatic hydroxyl groups is 1. The number of carbonyl (C=O) groups excluding carboxylic acids is 7. The maximum atomic E-state index is 16.6. The van der Waals surface area contributed by atoms with Crippen LogP contribution in [0.15, 0.2) is 66.4 Å². The van der Waals surface area contributed by atoms with E-state index < -0.39 is 130 Å². The third-order valence-corrected chi connectivity index (χ3v) is 17.2. The highest BCUT2D eigenvalue weighted by Gasteiger charge is 2.57. The number of anilines is 2. The molecule has 4 aromatic heterocycles. The second-order valence-electron chi connectivity index (χ2n) is 21.3. The lowest BCUT2D eigenvalue weighted by Crippen LogP contribution is -2.53. The lowest BCUT2D eigenvalue weighted by molar-refractivity contribution is -0.137. The highest BCUT2D eigenvalue weighted by Crippen LogP contribution is 2.60. The van der Waals surface area contributed by atoms with Gasteiger partial charge in [-0.15, -0.1) is 0 Å². The van der Waals surface area contributed by atoms with Gasteiger partial charge in [0.15, 0.2) is 40.8 Å². The molecule has 88 heavy (non-hydrogen) atoms. The van der Waals surface area contributed by atoms with E-state index in [2.05, 4.69) is 58.4 Å². The largest absolute Gasteiger partial charge is 0.445 e. The number of nitrogens with zero attached hydrogens (tertiary/aromatic N) is 8. The minimum Gasteiger partial charge on any atom is -0.445 e. The fraction of sp³-hybridized carbons (Fsp3) is 0.500. The van der Waals surface area contributed by atoms with Gasteiger partial charge in [0.25, 0.3) is 17.4 Å². The number of aromatic amines is 1. The van der Waals surface area contributed by atoms with Gasteiger partial charge >= 0.3 is 21.1 Å². The number of unbranched alkanes of at least 4 members (excludes halogenated alkanes) is 2. The molecule has 0 spiro atoms. The van der Waals surface area contributed by atoms with Crippen molar-refractivity contribution >= 4 is 103 Å². The summed E-state index contributed by atoms with van der Waals surface area (Å²) in [5, 5.41) is 21.7. The molecule has 11 atom stereocenters. The first-order valence-corrected chi connectivity index (χ1v) is 31.6. The van der Waals surface area contributed by atoms with Crippen molar-refractivity contribution in [2.24, 2.45) is 5.92 Å². The van der Waals surface area contributed by atoms with Crippen LogP contribution in [0, 0.1) is 11.7 Å². The van der Waals surface area contributed by atoms with E-state index in [0.717, 1.165) is 39.2 Å². The van der Waals surface area contributed by atoms with Crippen LogP contribution < -0.4 is 26.8 Å². The Labute approximate surface area is 504 Å². The van der Waals surface area contributed by atoms with Gasteiger partial charge in [0.2, 0.25) is 29.4 Å². The molecule has 5 aromatic rings. The summed E-state index contributed by atoms with van der Waals surface area (Å²) in [6.07, 6.45) is -2.87. The van der Waals surface area contributed by atoms with Gasteiger partial charge in [-0.05, 0) is 49.8 Å². The molecule has 2 unspecified atom stereocenters. The highest BCUT2D eigenvalue weighted by atomic mass is 32.7. The van der Waals surface area contributed by atoms with E-state index in [4.69, 9.17) is 32.3 Å². The lowest BCUT2D eigenvalue weighted by Gasteiger charge is -2.35. The van der Waals surface area contributed by atoms with E-state index in [1.807, 2.05) is 0 Å². The molecule has 36 heteroatoms. The molecule has 31 nitrogen and oxygen atoms in total. The first-order valence-electron chi connectivity index (χ1n) is 27.7. The van der Waals surface area contributed by atoms with Crippen molar-refractivity contribution in [2.45, 2.75) is 121 Å². The SMILES string of the molecule is CC(C)[C@H](NC(=O)CCCCCN1C(=O)C=CC1=O)C(=O)N[C@@H](C)C(=O)Nc1ccc(COC(=O)N(C)CCCC(=O)Nc2ncnc3c2ncn3[C@@H]2O[C@@H]3CO[P@@](=O)(S)O[C@]4(n5cc(F)c6c(=O)[nH]cnc65)COC(CO[PH](=O)O[C@H]3[C@H]2F)[C@H]4O)cc1. The average Bonchev–Trinajstić information content (AvgIpc) is 1.66. The van der Waals surface area contributed by atoms with Crippen LogP contribution in [-0.4, -0.2) is 173 Å². The lowest BCUT2D eigenvalue weighted by atomic mass is 10.0. The second kappa shape index (κ2) is 28.0. The number of nitrogens with one attached hydrogen (secondary N) is 5. The van der Waals surface area contributed by atoms with Crippen LogP contribution in [0.5, 0.6) is 0 Å². The summed E-state index contributed by atoms with van der Waals surface area (Å²) in [5.74, 6) is -4.14. The average molecular weight is 1290 g/mol. The maximum Gasteiger partial charge on any atom is 0.409 e. The van der Waals surface area contributed by atoms with Crippen molar-refractivity contribution in [3.8, 4) is 0 Å². The maximum absolute atomic E-state index is 16.6. The zero-order valence-electron chi connectivity index (χ0n) is 47.6. The number of alkyl halides is 1. The Balaban J connectivity index is 0.716. The van der Waals surface area contributed by atoms with Crippen molar-refractivity contribution < 1.29 is 88.9 Å². The second-order valence-corrected chi connectivity index (χ2v) is 25.1. The molecular formula is C52H63F2N13O18P2S. The molecule has 0 radical (unpaired) electrons. The van der Waals surface area contributed by atoms with E-state index in [0.29, 0.717) is 30.5 Å². The topological polar surface area (TPSA) is 387 Å². The minimum absolute atomic E-state index is 0.00362. The zero-order valence-corrected chi connectivity index (χ0v) is 50.4. The summed E-state index contributed by atoms with van der Waals surface area (Å²) < 4.78 is 101. The van der Waals surface area contributed by atoms with Crippen molar-refractivity contribution in [1.29, 1.82) is 0 Å². The fourth-order valence-corrected chi connectivity index (χ4v) is 12.5. The van der Waals surface area contributed by atoms with E-state index in [9.17, 15) is 52.6 Å². The number of aliphatic hydroxyl groups excluding tert-OH is 1. The Morgan fingerprint density at radius 3 is 2.42 bits per heavy atom. The van der Waals surface area contributed by atoms with Crippen LogP contribution in [0.2, 0.25) is 0 Å². The van der Waals surface area contributed by atoms with Crippen molar-refractivity contribution in [3.63, 3.8) is 0 Å². The molecule has 3 fully saturated rings. The number of halogens is 2. The number of aromatic nitrogens is 7. The van der Waals surface area contributed by atoms with Crippen LogP contribution >= 0.6 is 27.3 Å². The van der Waals surface area contributed by atoms with Crippen molar-refractivity contribution in [1.82, 2.24) is 54.5 Å². The molecule has 4 aliphatic rings. The minimum atomic E-state index is -4.73. The molecule has 1 aromatic carbocycles. The fourth-order valence-electron chi connectivity index (χ4n) is 9.98. The van der Waals surface area contributed by atoms with Crippen LogP contribution in [0.25, 0.3) is 22.2 Å². The number of imidazole rings is 1. The molecule has 0 aliphatic carbocycles. The zero-order chi connectivity index (χ0) is 63.2. The number of rotatable bonds is 21. The van der Waals surface area contributed by atoms with Gasteiger partial charge in [0.1, 0.15) is 54.8 Å². The number of imide groups is 1. The van der Waals surface area contributed by atoms with Gasteiger partial charge in [0.05, 0.1) is 32.5 Å². The number of benzene rings is 1. The number of hydrogen-bond acceptors (Lipinski definition) is 22. The molecule has 6 N–H and O–H groups in total. The smallest absolute Gasteiger partial charge is 0.409 e. The molecule has 2 bridgehead atoms. The summed E-state index contributed by atoms with van der Waals surface area (Å²) in [7, 11) is -2.17. The molecule has 474 valence electrons. The van der Waals surface area contributed by atoms with Gasteiger partial charge in [-0.1, -0.05) is 44.6 Å². The number of H-pyrrole nitrogens is 1. The number of fused-ring (bicyclic) bond motifs is 5. The summed E-state index contributed by atoms with van der Waals surface area (Å²) in [4.78, 5) is 122. The van der Waals surface area contributed by atoms with Crippen molar-refractivity contribution in [2.75, 3.05) is 50.6 Å². The van der Waals surface area contributed by atoms with Gasteiger partial charge in [-0.3, -0.25) is 61.2 Å². The predicted molar refractivity (Wildman–Crippen MR) is 306 cm³/mol. The van der Waals surface area contributed by atoms with E-state index in [1.165, 1.54) is 31.0 Å². The molecule has 0 saturated carbocycles. The van der Waals surface area contributed by atoms with Gasteiger partial charge in [-0.25, -0.2) is 38.1 Å². The molecule has 4 aliphatic heterocycles. The molecular weight excluding hydrogens is 1230 g/mol. The van der Waals surface area contributed by atoms with Crippen molar-refractivity contribution in [3.05, 3.63) is 83.3 Å². The third kappa shape index (κ3) is 14.8.